The number of rotatable bonds is 8. The van der Waals surface area contributed by atoms with Gasteiger partial charge in [0.05, 0.1) is 17.9 Å². The molecule has 0 aliphatic carbocycles. The topological polar surface area (TPSA) is 55.4 Å². The quantitative estimate of drug-likeness (QED) is 0.163. The summed E-state index contributed by atoms with van der Waals surface area (Å²) in [5.74, 6) is 1.24. The average Bonchev–Trinajstić information content (AvgIpc) is 3.44. The normalized spacial score (nSPS) is 12.0. The zero-order chi connectivity index (χ0) is 32.2. The van der Waals surface area contributed by atoms with Crippen LogP contribution in [-0.2, 0) is 6.54 Å². The number of hydrogen-bond acceptors (Lipinski definition) is 4. The van der Waals surface area contributed by atoms with Gasteiger partial charge in [-0.25, -0.2) is 19.7 Å². The molecule has 5 aromatic carbocycles. The van der Waals surface area contributed by atoms with Gasteiger partial charge in [0.15, 0.2) is 5.82 Å². The number of aromatic nitrogens is 3. The van der Waals surface area contributed by atoms with Crippen LogP contribution in [-0.4, -0.2) is 26.2 Å². The van der Waals surface area contributed by atoms with Crippen LogP contribution in [0.25, 0.3) is 0 Å². The third-order valence-electron chi connectivity index (χ3n) is 8.08. The fourth-order valence-electron chi connectivity index (χ4n) is 6.08. The van der Waals surface area contributed by atoms with Crippen molar-refractivity contribution in [2.75, 3.05) is 0 Å². The summed E-state index contributed by atoms with van der Waals surface area (Å²) in [4.78, 5) is 16.0. The average molecular weight is 602 g/mol. The van der Waals surface area contributed by atoms with E-state index in [1.807, 2.05) is 47.1 Å². The van der Waals surface area contributed by atoms with Crippen LogP contribution in [0.3, 0.4) is 0 Å². The Morgan fingerprint density at radius 3 is 1.43 bits per heavy atom. The standard InChI is InChI=1S/C41H39N5/c1-27-22-29(3)36(30(4)23-27)42-38(34-18-12-8-13-19-34)40-44-41(46(45-40)26-33-16-10-7-11-17-33)39(35-20-14-9-15-21-35)43-37-31(5)24-28(2)25-32(37)6/h7-25H,26H2,1-6H3. The van der Waals surface area contributed by atoms with E-state index in [2.05, 4.69) is 114 Å². The molecular formula is C41H39N5. The first-order chi connectivity index (χ1) is 22.3. The Bertz CT molecular complexity index is 2010. The van der Waals surface area contributed by atoms with Gasteiger partial charge in [-0.05, 0) is 69.4 Å². The van der Waals surface area contributed by atoms with E-state index in [1.165, 1.54) is 11.1 Å². The van der Waals surface area contributed by atoms with Crippen molar-refractivity contribution in [3.63, 3.8) is 0 Å². The molecule has 0 fully saturated rings. The molecule has 0 spiro atoms. The molecule has 0 unspecified atom stereocenters. The maximum atomic E-state index is 5.36. The maximum absolute atomic E-state index is 5.36. The molecule has 0 amide bonds. The molecule has 0 N–H and O–H groups in total. The van der Waals surface area contributed by atoms with Crippen LogP contribution >= 0.6 is 0 Å². The summed E-state index contributed by atoms with van der Waals surface area (Å²) < 4.78 is 1.97. The molecule has 5 nitrogen and oxygen atoms in total. The molecule has 228 valence electrons. The molecule has 46 heavy (non-hydrogen) atoms. The zero-order valence-electron chi connectivity index (χ0n) is 27.4. The monoisotopic (exact) mass is 601 g/mol. The van der Waals surface area contributed by atoms with E-state index in [4.69, 9.17) is 20.1 Å². The van der Waals surface area contributed by atoms with E-state index in [0.717, 1.165) is 61.7 Å². The fourth-order valence-corrected chi connectivity index (χ4v) is 6.08. The van der Waals surface area contributed by atoms with Gasteiger partial charge in [-0.15, -0.1) is 5.10 Å². The summed E-state index contributed by atoms with van der Waals surface area (Å²) in [7, 11) is 0. The molecule has 1 aromatic heterocycles. The van der Waals surface area contributed by atoms with Crippen molar-refractivity contribution in [1.29, 1.82) is 0 Å². The molecule has 0 bridgehead atoms. The van der Waals surface area contributed by atoms with E-state index in [9.17, 15) is 0 Å². The van der Waals surface area contributed by atoms with Gasteiger partial charge in [0.2, 0.25) is 5.82 Å². The van der Waals surface area contributed by atoms with Crippen molar-refractivity contribution in [2.24, 2.45) is 9.98 Å². The van der Waals surface area contributed by atoms with Crippen molar-refractivity contribution < 1.29 is 0 Å². The SMILES string of the molecule is Cc1cc(C)c(N=C(c2ccccc2)c2nc(C(=Nc3c(C)cc(C)cc3C)c3ccccc3)n(Cc3ccccc3)n2)c(C)c1. The van der Waals surface area contributed by atoms with Gasteiger partial charge < -0.3 is 0 Å². The summed E-state index contributed by atoms with van der Waals surface area (Å²) in [5, 5.41) is 5.20. The lowest BCUT2D eigenvalue weighted by atomic mass is 10.0. The lowest BCUT2D eigenvalue weighted by molar-refractivity contribution is 0.677. The zero-order valence-corrected chi connectivity index (χ0v) is 27.4. The highest BCUT2D eigenvalue weighted by molar-refractivity contribution is 6.15. The predicted octanol–water partition coefficient (Wildman–Crippen LogP) is 9.52. The Balaban J connectivity index is 1.63. The van der Waals surface area contributed by atoms with E-state index >= 15 is 0 Å². The lowest BCUT2D eigenvalue weighted by Crippen LogP contribution is -2.15. The van der Waals surface area contributed by atoms with Crippen LogP contribution in [0.5, 0.6) is 0 Å². The van der Waals surface area contributed by atoms with Gasteiger partial charge in [-0.3, -0.25) is 0 Å². The Morgan fingerprint density at radius 1 is 0.543 bits per heavy atom. The maximum Gasteiger partial charge on any atom is 0.201 e. The third-order valence-corrected chi connectivity index (χ3v) is 8.08. The number of hydrogen-bond donors (Lipinski definition) is 0. The first-order valence-electron chi connectivity index (χ1n) is 15.7. The highest BCUT2D eigenvalue weighted by Crippen LogP contribution is 2.29. The highest BCUT2D eigenvalue weighted by atomic mass is 15.4. The Morgan fingerprint density at radius 2 is 0.957 bits per heavy atom. The molecule has 6 aromatic rings. The molecule has 0 radical (unpaired) electrons. The van der Waals surface area contributed by atoms with Gasteiger partial charge in [0, 0.05) is 11.1 Å². The second-order valence-electron chi connectivity index (χ2n) is 12.0. The smallest absolute Gasteiger partial charge is 0.201 e. The van der Waals surface area contributed by atoms with E-state index < -0.39 is 0 Å². The Hall–Kier alpha value is -5.42. The minimum atomic E-state index is 0.533. The van der Waals surface area contributed by atoms with Crippen LogP contribution in [0.4, 0.5) is 11.4 Å². The van der Waals surface area contributed by atoms with E-state index in [1.54, 1.807) is 0 Å². The van der Waals surface area contributed by atoms with E-state index in [-0.39, 0.29) is 0 Å². The van der Waals surface area contributed by atoms with Gasteiger partial charge in [-0.2, -0.15) is 0 Å². The van der Waals surface area contributed by atoms with Crippen molar-refractivity contribution in [1.82, 2.24) is 14.8 Å². The number of aliphatic imine (C=N–C) groups is 2. The molecule has 0 aliphatic rings. The number of benzene rings is 5. The van der Waals surface area contributed by atoms with Crippen LogP contribution in [0.1, 0.15) is 61.7 Å². The first kappa shape index (κ1) is 30.6. The minimum absolute atomic E-state index is 0.533. The molecule has 5 heteroatoms. The second-order valence-corrected chi connectivity index (χ2v) is 12.0. The van der Waals surface area contributed by atoms with Gasteiger partial charge in [0.1, 0.15) is 11.4 Å². The predicted molar refractivity (Wildman–Crippen MR) is 190 cm³/mol. The Kier molecular flexibility index (Phi) is 8.84. The van der Waals surface area contributed by atoms with Crippen molar-refractivity contribution in [3.05, 3.63) is 177 Å². The molecule has 0 saturated carbocycles. The van der Waals surface area contributed by atoms with Crippen LogP contribution in [0, 0.1) is 41.5 Å². The van der Waals surface area contributed by atoms with Crippen molar-refractivity contribution in [2.45, 2.75) is 48.1 Å². The molecule has 6 rings (SSSR count). The summed E-state index contributed by atoms with van der Waals surface area (Å²) >= 11 is 0. The van der Waals surface area contributed by atoms with Gasteiger partial charge >= 0.3 is 0 Å². The minimum Gasteiger partial charge on any atom is -0.244 e. The number of aryl methyl sites for hydroxylation is 6. The van der Waals surface area contributed by atoms with Gasteiger partial charge in [-0.1, -0.05) is 126 Å². The fraction of sp³-hybridized carbons (Fsp3) is 0.171. The van der Waals surface area contributed by atoms with Crippen LogP contribution in [0.2, 0.25) is 0 Å². The van der Waals surface area contributed by atoms with E-state index in [0.29, 0.717) is 18.2 Å². The Labute approximate surface area is 272 Å². The molecular weight excluding hydrogens is 562 g/mol. The summed E-state index contributed by atoms with van der Waals surface area (Å²) in [6, 6.07) is 39.6. The molecule has 1 heterocycles. The molecule has 0 aliphatic heterocycles. The highest BCUT2D eigenvalue weighted by Gasteiger charge is 2.23. The molecule has 0 saturated heterocycles. The first-order valence-corrected chi connectivity index (χ1v) is 15.7. The van der Waals surface area contributed by atoms with Crippen molar-refractivity contribution >= 4 is 22.8 Å². The number of nitrogens with zero attached hydrogens (tertiary/aromatic N) is 5. The van der Waals surface area contributed by atoms with Gasteiger partial charge in [0.25, 0.3) is 0 Å². The summed E-state index contributed by atoms with van der Waals surface area (Å²) in [6.07, 6.45) is 0. The van der Waals surface area contributed by atoms with Crippen molar-refractivity contribution in [3.8, 4) is 0 Å². The summed E-state index contributed by atoms with van der Waals surface area (Å²) in [6.45, 7) is 13.2. The molecule has 0 atom stereocenters. The second kappa shape index (κ2) is 13.3. The van der Waals surface area contributed by atoms with Crippen LogP contribution < -0.4 is 0 Å². The van der Waals surface area contributed by atoms with Crippen LogP contribution in [0.15, 0.2) is 125 Å². The third kappa shape index (κ3) is 6.64. The summed E-state index contributed by atoms with van der Waals surface area (Å²) in [5.41, 5.74) is 13.3. The largest absolute Gasteiger partial charge is 0.244 e. The lowest BCUT2D eigenvalue weighted by Gasteiger charge is -2.12.